The van der Waals surface area contributed by atoms with Gasteiger partial charge in [0.05, 0.1) is 11.1 Å². The molecule has 1 aromatic rings. The van der Waals surface area contributed by atoms with E-state index in [0.717, 1.165) is 49.7 Å². The third-order valence-corrected chi connectivity index (χ3v) is 6.86. The molecule has 0 aromatic carbocycles. The Morgan fingerprint density at radius 2 is 1.86 bits per heavy atom. The van der Waals surface area contributed by atoms with Crippen molar-refractivity contribution in [1.82, 2.24) is 15.3 Å². The molecule has 7 nitrogen and oxygen atoms in total. The maximum absolute atomic E-state index is 12.5. The van der Waals surface area contributed by atoms with Crippen LogP contribution < -0.4 is 10.2 Å². The van der Waals surface area contributed by atoms with Crippen LogP contribution in [0.2, 0.25) is 0 Å². The number of amides is 1. The van der Waals surface area contributed by atoms with E-state index >= 15 is 0 Å². The molecular weight excluding hydrogens is 356 g/mol. The van der Waals surface area contributed by atoms with Crippen LogP contribution in [-0.4, -0.2) is 57.9 Å². The summed E-state index contributed by atoms with van der Waals surface area (Å²) < 4.78 is 6.16. The number of ether oxygens (including phenoxy) is 1. The molecule has 2 saturated heterocycles. The summed E-state index contributed by atoms with van der Waals surface area (Å²) in [5, 5.41) is 14.4. The Morgan fingerprint density at radius 1 is 1.21 bits per heavy atom. The van der Waals surface area contributed by atoms with Crippen molar-refractivity contribution in [3.8, 4) is 0 Å². The van der Waals surface area contributed by atoms with E-state index in [4.69, 9.17) is 4.74 Å². The molecule has 0 unspecified atom stereocenters. The summed E-state index contributed by atoms with van der Waals surface area (Å²) in [5.41, 5.74) is 0.671. The van der Waals surface area contributed by atoms with Gasteiger partial charge in [-0.2, -0.15) is 0 Å². The Bertz CT molecular complexity index is 723. The number of aryl methyl sites for hydroxylation is 2. The number of hydrogen-bond acceptors (Lipinski definition) is 6. The second-order valence-electron chi connectivity index (χ2n) is 9.04. The van der Waals surface area contributed by atoms with Crippen molar-refractivity contribution in [3.05, 3.63) is 17.5 Å². The molecule has 2 N–H and O–H groups in total. The van der Waals surface area contributed by atoms with Gasteiger partial charge in [-0.1, -0.05) is 6.42 Å². The van der Waals surface area contributed by atoms with Gasteiger partial charge in [0.25, 0.3) is 0 Å². The Morgan fingerprint density at radius 3 is 2.43 bits per heavy atom. The molecule has 28 heavy (non-hydrogen) atoms. The molecule has 7 heteroatoms. The average Bonchev–Trinajstić information content (AvgIpc) is 2.58. The molecule has 0 bridgehead atoms. The van der Waals surface area contributed by atoms with Crippen LogP contribution in [0, 0.1) is 19.8 Å². The fraction of sp³-hybridized carbons (Fsp3) is 0.762. The Balaban J connectivity index is 1.45. The van der Waals surface area contributed by atoms with Gasteiger partial charge < -0.3 is 20.1 Å². The molecule has 1 amide bonds. The number of hydrogen-bond donors (Lipinski definition) is 2. The molecule has 1 saturated carbocycles. The van der Waals surface area contributed by atoms with Gasteiger partial charge in [-0.25, -0.2) is 9.97 Å². The first-order valence-corrected chi connectivity index (χ1v) is 10.5. The van der Waals surface area contributed by atoms with E-state index in [1.165, 1.54) is 0 Å². The van der Waals surface area contributed by atoms with Crippen LogP contribution >= 0.6 is 0 Å². The first kappa shape index (κ1) is 19.6. The van der Waals surface area contributed by atoms with Gasteiger partial charge in [0.2, 0.25) is 11.9 Å². The first-order chi connectivity index (χ1) is 13.3. The highest BCUT2D eigenvalue weighted by Crippen LogP contribution is 2.41. The number of aliphatic hydroxyl groups is 1. The number of carbonyl (C=O) groups is 1. The summed E-state index contributed by atoms with van der Waals surface area (Å²) in [4.78, 5) is 23.8. The molecular formula is C21H32N4O3. The molecule has 3 aliphatic rings. The monoisotopic (exact) mass is 388 g/mol. The Hall–Kier alpha value is -1.73. The minimum atomic E-state index is -0.722. The molecule has 1 aromatic heterocycles. The zero-order valence-corrected chi connectivity index (χ0v) is 17.2. The molecule has 2 aliphatic heterocycles. The topological polar surface area (TPSA) is 87.6 Å². The Labute approximate surface area is 166 Å². The maximum Gasteiger partial charge on any atom is 0.225 e. The van der Waals surface area contributed by atoms with Crippen molar-refractivity contribution < 1.29 is 14.6 Å². The molecule has 1 aliphatic carbocycles. The molecule has 0 radical (unpaired) electrons. The summed E-state index contributed by atoms with van der Waals surface area (Å²) >= 11 is 0. The SMILES string of the molecule is Cc1cc(C)nc(N2CCC3(CC2)OCC[C@](C)(NC(=O)C2CCC2)[C@H]3O)n1. The van der Waals surface area contributed by atoms with Gasteiger partial charge in [0.1, 0.15) is 6.10 Å². The van der Waals surface area contributed by atoms with Gasteiger partial charge in [0, 0.05) is 37.0 Å². The fourth-order valence-corrected chi connectivity index (χ4v) is 4.80. The number of carbonyl (C=O) groups excluding carboxylic acids is 1. The zero-order chi connectivity index (χ0) is 19.9. The molecule has 3 heterocycles. The third kappa shape index (κ3) is 3.50. The van der Waals surface area contributed by atoms with E-state index in [2.05, 4.69) is 20.2 Å². The minimum Gasteiger partial charge on any atom is -0.388 e. The summed E-state index contributed by atoms with van der Waals surface area (Å²) in [7, 11) is 0. The van der Waals surface area contributed by atoms with Gasteiger partial charge >= 0.3 is 0 Å². The van der Waals surface area contributed by atoms with E-state index in [1.807, 2.05) is 26.8 Å². The number of aliphatic hydroxyl groups excluding tert-OH is 1. The van der Waals surface area contributed by atoms with Crippen molar-refractivity contribution in [1.29, 1.82) is 0 Å². The second-order valence-corrected chi connectivity index (χ2v) is 9.04. The molecule has 4 rings (SSSR count). The fourth-order valence-electron chi connectivity index (χ4n) is 4.80. The van der Waals surface area contributed by atoms with Crippen LogP contribution in [0.25, 0.3) is 0 Å². The highest BCUT2D eigenvalue weighted by molar-refractivity contribution is 5.80. The van der Waals surface area contributed by atoms with Crippen LogP contribution in [0.5, 0.6) is 0 Å². The highest BCUT2D eigenvalue weighted by atomic mass is 16.5. The van der Waals surface area contributed by atoms with Crippen molar-refractivity contribution >= 4 is 11.9 Å². The van der Waals surface area contributed by atoms with Crippen LogP contribution in [0.4, 0.5) is 5.95 Å². The summed E-state index contributed by atoms with van der Waals surface area (Å²) in [5.74, 6) is 0.955. The zero-order valence-electron chi connectivity index (χ0n) is 17.2. The number of nitrogens with one attached hydrogen (secondary N) is 1. The minimum absolute atomic E-state index is 0.0888. The lowest BCUT2D eigenvalue weighted by Crippen LogP contribution is -2.69. The van der Waals surface area contributed by atoms with Gasteiger partial charge in [0.15, 0.2) is 0 Å². The first-order valence-electron chi connectivity index (χ1n) is 10.5. The van der Waals surface area contributed by atoms with Crippen LogP contribution in [0.3, 0.4) is 0 Å². The molecule has 154 valence electrons. The lowest BCUT2D eigenvalue weighted by atomic mass is 9.72. The number of aromatic nitrogens is 2. The van der Waals surface area contributed by atoms with Crippen molar-refractivity contribution in [2.24, 2.45) is 5.92 Å². The van der Waals surface area contributed by atoms with E-state index in [0.29, 0.717) is 25.9 Å². The van der Waals surface area contributed by atoms with Crippen molar-refractivity contribution in [2.75, 3.05) is 24.6 Å². The lowest BCUT2D eigenvalue weighted by molar-refractivity contribution is -0.199. The average molecular weight is 389 g/mol. The quantitative estimate of drug-likeness (QED) is 0.822. The molecule has 2 atom stereocenters. The number of piperidine rings is 1. The number of nitrogens with zero attached hydrogens (tertiary/aromatic N) is 3. The second kappa shape index (κ2) is 7.26. The summed E-state index contributed by atoms with van der Waals surface area (Å²) in [6.45, 7) is 7.94. The van der Waals surface area contributed by atoms with E-state index < -0.39 is 17.2 Å². The lowest BCUT2D eigenvalue weighted by Gasteiger charge is -2.54. The van der Waals surface area contributed by atoms with Crippen molar-refractivity contribution in [3.63, 3.8) is 0 Å². The standard InChI is InChI=1S/C21H32N4O3/c1-14-13-15(2)23-19(22-14)25-10-7-21(8-11-25)18(27)20(3,9-12-28-21)24-17(26)16-5-4-6-16/h13,16,18,27H,4-12H2,1-3H3,(H,24,26)/t18-,20+/m1/s1. The van der Waals surface area contributed by atoms with E-state index in [-0.39, 0.29) is 11.8 Å². The van der Waals surface area contributed by atoms with Crippen LogP contribution in [0.15, 0.2) is 6.07 Å². The van der Waals surface area contributed by atoms with E-state index in [9.17, 15) is 9.90 Å². The number of anilines is 1. The predicted octanol–water partition coefficient (Wildman–Crippen LogP) is 1.89. The Kier molecular flexibility index (Phi) is 5.08. The smallest absolute Gasteiger partial charge is 0.225 e. The third-order valence-electron chi connectivity index (χ3n) is 6.86. The highest BCUT2D eigenvalue weighted by Gasteiger charge is 2.54. The maximum atomic E-state index is 12.5. The van der Waals surface area contributed by atoms with Gasteiger partial charge in [-0.3, -0.25) is 4.79 Å². The molecule has 1 spiro atoms. The van der Waals surface area contributed by atoms with Crippen LogP contribution in [-0.2, 0) is 9.53 Å². The molecule has 3 fully saturated rings. The van der Waals surface area contributed by atoms with Crippen molar-refractivity contribution in [2.45, 2.75) is 76.5 Å². The normalized spacial score (nSPS) is 30.1. The van der Waals surface area contributed by atoms with Crippen LogP contribution in [0.1, 0.15) is 56.8 Å². The number of rotatable bonds is 3. The largest absolute Gasteiger partial charge is 0.388 e. The summed E-state index contributed by atoms with van der Waals surface area (Å²) in [6, 6.07) is 1.97. The van der Waals surface area contributed by atoms with Gasteiger partial charge in [-0.05, 0) is 58.9 Å². The summed E-state index contributed by atoms with van der Waals surface area (Å²) in [6.07, 6.45) is 4.35. The van der Waals surface area contributed by atoms with Gasteiger partial charge in [-0.15, -0.1) is 0 Å². The predicted molar refractivity (Wildman–Crippen MR) is 106 cm³/mol. The van der Waals surface area contributed by atoms with E-state index in [1.54, 1.807) is 0 Å².